The van der Waals surface area contributed by atoms with Crippen molar-refractivity contribution in [3.63, 3.8) is 0 Å². The molecule has 0 atom stereocenters. The van der Waals surface area contributed by atoms with Crippen molar-refractivity contribution in [3.05, 3.63) is 48.3 Å². The maximum Gasteiger partial charge on any atom is 0.238 e. The third-order valence-electron chi connectivity index (χ3n) is 3.86. The lowest BCUT2D eigenvalue weighted by Crippen LogP contribution is -2.49. The quantitative estimate of drug-likeness (QED) is 0.928. The van der Waals surface area contributed by atoms with E-state index < -0.39 is 0 Å². The number of hydrogen-bond donors (Lipinski definition) is 1. The average molecular weight is 311 g/mol. The van der Waals surface area contributed by atoms with Crippen molar-refractivity contribution >= 4 is 17.5 Å². The fourth-order valence-corrected chi connectivity index (χ4v) is 2.62. The Morgan fingerprint density at radius 1 is 1.13 bits per heavy atom. The Morgan fingerprint density at radius 2 is 1.87 bits per heavy atom. The van der Waals surface area contributed by atoms with Crippen LogP contribution in [0.25, 0.3) is 0 Å². The van der Waals surface area contributed by atoms with Gasteiger partial charge in [-0.15, -0.1) is 0 Å². The number of benzene rings is 1. The first-order valence-corrected chi connectivity index (χ1v) is 7.82. The molecular formula is C17H21N5O. The molecule has 0 bridgehead atoms. The van der Waals surface area contributed by atoms with E-state index in [0.29, 0.717) is 6.54 Å². The number of piperazine rings is 1. The predicted octanol–water partition coefficient (Wildman–Crippen LogP) is 1.55. The first-order valence-electron chi connectivity index (χ1n) is 7.82. The van der Waals surface area contributed by atoms with Crippen molar-refractivity contribution in [3.8, 4) is 0 Å². The zero-order valence-electron chi connectivity index (χ0n) is 13.3. The average Bonchev–Trinajstić information content (AvgIpc) is 2.56. The third-order valence-corrected chi connectivity index (χ3v) is 3.86. The van der Waals surface area contributed by atoms with Gasteiger partial charge >= 0.3 is 0 Å². The van der Waals surface area contributed by atoms with Gasteiger partial charge in [-0.2, -0.15) is 0 Å². The Balaban J connectivity index is 1.48. The van der Waals surface area contributed by atoms with Gasteiger partial charge in [0.1, 0.15) is 0 Å². The fourth-order valence-electron chi connectivity index (χ4n) is 2.62. The molecule has 0 radical (unpaired) electrons. The largest absolute Gasteiger partial charge is 0.338 e. The SMILES string of the molecule is Cc1ccnc(N2CCN(CC(=O)Nc3ccccc3)CC2)n1. The highest BCUT2D eigenvalue weighted by atomic mass is 16.2. The summed E-state index contributed by atoms with van der Waals surface area (Å²) in [6.07, 6.45) is 1.79. The minimum Gasteiger partial charge on any atom is -0.338 e. The van der Waals surface area contributed by atoms with Gasteiger partial charge < -0.3 is 10.2 Å². The van der Waals surface area contributed by atoms with Crippen LogP contribution in [0.5, 0.6) is 0 Å². The maximum absolute atomic E-state index is 12.1. The van der Waals surface area contributed by atoms with Crippen LogP contribution in [0.15, 0.2) is 42.6 Å². The summed E-state index contributed by atoms with van der Waals surface area (Å²) in [6.45, 7) is 5.72. The van der Waals surface area contributed by atoms with E-state index >= 15 is 0 Å². The molecule has 2 heterocycles. The molecule has 23 heavy (non-hydrogen) atoms. The number of nitrogens with one attached hydrogen (secondary N) is 1. The van der Waals surface area contributed by atoms with Crippen molar-refractivity contribution in [1.82, 2.24) is 14.9 Å². The molecule has 1 aromatic carbocycles. The highest BCUT2D eigenvalue weighted by molar-refractivity contribution is 5.92. The fraction of sp³-hybridized carbons (Fsp3) is 0.353. The van der Waals surface area contributed by atoms with E-state index in [9.17, 15) is 4.79 Å². The van der Waals surface area contributed by atoms with Crippen LogP contribution >= 0.6 is 0 Å². The molecule has 6 heteroatoms. The summed E-state index contributed by atoms with van der Waals surface area (Å²) < 4.78 is 0. The van der Waals surface area contributed by atoms with Gasteiger partial charge in [-0.05, 0) is 25.1 Å². The molecule has 1 N–H and O–H groups in total. The highest BCUT2D eigenvalue weighted by Gasteiger charge is 2.20. The Labute approximate surface area is 136 Å². The molecule has 0 aliphatic carbocycles. The van der Waals surface area contributed by atoms with E-state index in [2.05, 4.69) is 25.1 Å². The van der Waals surface area contributed by atoms with Gasteiger partial charge in [0.2, 0.25) is 11.9 Å². The lowest BCUT2D eigenvalue weighted by Gasteiger charge is -2.34. The Morgan fingerprint density at radius 3 is 2.57 bits per heavy atom. The highest BCUT2D eigenvalue weighted by Crippen LogP contribution is 2.11. The molecule has 1 aliphatic heterocycles. The van der Waals surface area contributed by atoms with Gasteiger partial charge in [-0.25, -0.2) is 9.97 Å². The number of carbonyl (C=O) groups excluding carboxylic acids is 1. The molecule has 6 nitrogen and oxygen atoms in total. The van der Waals surface area contributed by atoms with Gasteiger partial charge in [0, 0.05) is 43.8 Å². The first-order chi connectivity index (χ1) is 11.2. The molecule has 1 saturated heterocycles. The van der Waals surface area contributed by atoms with E-state index in [1.54, 1.807) is 6.20 Å². The van der Waals surface area contributed by atoms with E-state index in [-0.39, 0.29) is 5.91 Å². The van der Waals surface area contributed by atoms with Gasteiger partial charge in [0.05, 0.1) is 6.54 Å². The minimum absolute atomic E-state index is 0.0245. The number of carbonyl (C=O) groups is 1. The number of para-hydroxylation sites is 1. The number of aromatic nitrogens is 2. The van der Waals surface area contributed by atoms with Crippen LogP contribution in [0.4, 0.5) is 11.6 Å². The molecular weight excluding hydrogens is 290 g/mol. The smallest absolute Gasteiger partial charge is 0.238 e. The van der Waals surface area contributed by atoms with Gasteiger partial charge in [0.15, 0.2) is 0 Å². The second-order valence-corrected chi connectivity index (χ2v) is 5.68. The van der Waals surface area contributed by atoms with Crippen LogP contribution in [0.2, 0.25) is 0 Å². The van der Waals surface area contributed by atoms with Crippen molar-refractivity contribution in [2.45, 2.75) is 6.92 Å². The Bertz CT molecular complexity index is 653. The van der Waals surface area contributed by atoms with Gasteiger partial charge in [-0.3, -0.25) is 9.69 Å². The summed E-state index contributed by atoms with van der Waals surface area (Å²) in [7, 11) is 0. The van der Waals surface area contributed by atoms with Crippen molar-refractivity contribution in [2.24, 2.45) is 0 Å². The molecule has 0 spiro atoms. The third kappa shape index (κ3) is 4.26. The lowest BCUT2D eigenvalue weighted by atomic mass is 10.3. The van der Waals surface area contributed by atoms with E-state index in [1.807, 2.05) is 43.3 Å². The van der Waals surface area contributed by atoms with Crippen LogP contribution in [0.3, 0.4) is 0 Å². The van der Waals surface area contributed by atoms with Crippen LogP contribution < -0.4 is 10.2 Å². The number of rotatable bonds is 4. The summed E-state index contributed by atoms with van der Waals surface area (Å²) in [6, 6.07) is 11.4. The minimum atomic E-state index is 0.0245. The monoisotopic (exact) mass is 311 g/mol. The Kier molecular flexibility index (Phi) is 4.83. The lowest BCUT2D eigenvalue weighted by molar-refractivity contribution is -0.117. The number of anilines is 2. The summed E-state index contributed by atoms with van der Waals surface area (Å²) in [5.74, 6) is 0.801. The molecule has 0 saturated carbocycles. The molecule has 1 fully saturated rings. The topological polar surface area (TPSA) is 61.4 Å². The van der Waals surface area contributed by atoms with Crippen LogP contribution in [0, 0.1) is 6.92 Å². The molecule has 1 aliphatic rings. The second-order valence-electron chi connectivity index (χ2n) is 5.68. The summed E-state index contributed by atoms with van der Waals surface area (Å²) in [5, 5.41) is 2.92. The number of aryl methyl sites for hydroxylation is 1. The predicted molar refractivity (Wildman–Crippen MR) is 90.5 cm³/mol. The Hall–Kier alpha value is -2.47. The standard InChI is InChI=1S/C17H21N5O/c1-14-7-8-18-17(19-14)22-11-9-21(10-12-22)13-16(23)20-15-5-3-2-4-6-15/h2-8H,9-13H2,1H3,(H,20,23). The number of amides is 1. The zero-order chi connectivity index (χ0) is 16.1. The molecule has 3 rings (SSSR count). The molecule has 120 valence electrons. The van der Waals surface area contributed by atoms with Gasteiger partial charge in [0.25, 0.3) is 0 Å². The van der Waals surface area contributed by atoms with Crippen LogP contribution in [-0.4, -0.2) is 53.5 Å². The van der Waals surface area contributed by atoms with Crippen molar-refractivity contribution in [2.75, 3.05) is 42.9 Å². The van der Waals surface area contributed by atoms with E-state index in [4.69, 9.17) is 0 Å². The second kappa shape index (κ2) is 7.19. The summed E-state index contributed by atoms with van der Waals surface area (Å²) in [5.41, 5.74) is 1.81. The summed E-state index contributed by atoms with van der Waals surface area (Å²) in [4.78, 5) is 25.2. The van der Waals surface area contributed by atoms with Crippen molar-refractivity contribution < 1.29 is 4.79 Å². The van der Waals surface area contributed by atoms with E-state index in [0.717, 1.165) is 43.5 Å². The molecule has 1 aromatic heterocycles. The normalized spacial score (nSPS) is 15.4. The first kappa shape index (κ1) is 15.4. The van der Waals surface area contributed by atoms with E-state index in [1.165, 1.54) is 0 Å². The van der Waals surface area contributed by atoms with Crippen LogP contribution in [-0.2, 0) is 4.79 Å². The summed E-state index contributed by atoms with van der Waals surface area (Å²) >= 11 is 0. The number of nitrogens with zero attached hydrogens (tertiary/aromatic N) is 4. The van der Waals surface area contributed by atoms with Gasteiger partial charge in [-0.1, -0.05) is 18.2 Å². The van der Waals surface area contributed by atoms with Crippen molar-refractivity contribution in [1.29, 1.82) is 0 Å². The number of hydrogen-bond acceptors (Lipinski definition) is 5. The zero-order valence-corrected chi connectivity index (χ0v) is 13.3. The molecule has 2 aromatic rings. The molecule has 0 unspecified atom stereocenters. The molecule has 1 amide bonds. The maximum atomic E-state index is 12.1. The van der Waals surface area contributed by atoms with Crippen LogP contribution in [0.1, 0.15) is 5.69 Å².